The van der Waals surface area contributed by atoms with Crippen molar-refractivity contribution in [3.63, 3.8) is 0 Å². The molecule has 2 atom stereocenters. The van der Waals surface area contributed by atoms with Gasteiger partial charge in [-0.3, -0.25) is 14.4 Å². The number of ether oxygens (including phenoxy) is 1. The first kappa shape index (κ1) is 21.4. The molecule has 1 aliphatic rings. The van der Waals surface area contributed by atoms with E-state index >= 15 is 0 Å². The lowest BCUT2D eigenvalue weighted by Crippen LogP contribution is -2.58. The van der Waals surface area contributed by atoms with Gasteiger partial charge in [-0.15, -0.1) is 0 Å². The van der Waals surface area contributed by atoms with Crippen molar-refractivity contribution >= 4 is 17.8 Å². The number of carboxylic acid groups (broad SMARTS) is 1. The molecule has 8 heteroatoms. The molecule has 8 nitrogen and oxygen atoms in total. The number of methoxy groups -OCH3 is 1. The fourth-order valence-electron chi connectivity index (χ4n) is 3.53. The number of nitrogens with two attached hydrogens (primary N) is 1. The Bertz CT molecular complexity index is 502. The van der Waals surface area contributed by atoms with E-state index in [9.17, 15) is 14.4 Å². The van der Waals surface area contributed by atoms with Crippen LogP contribution in [-0.2, 0) is 19.1 Å². The molecular weight excluding hydrogens is 326 g/mol. The standard InChI is InChI=1S/C17H31N3O5/c1-16(2)6-7-17(3,4)15(16)20-14(24)11(9-25-5)19-13(23)10(18)8-12(21)22/h10-11,15H,6-9,18H2,1-5H3,(H,19,23)(H,20,24)(H,21,22)/t10-,11-/m0/s1. The first-order valence-corrected chi connectivity index (χ1v) is 8.48. The van der Waals surface area contributed by atoms with Crippen molar-refractivity contribution in [1.29, 1.82) is 0 Å². The molecule has 25 heavy (non-hydrogen) atoms. The largest absolute Gasteiger partial charge is 0.481 e. The summed E-state index contributed by atoms with van der Waals surface area (Å²) in [6.45, 7) is 8.42. The lowest BCUT2D eigenvalue weighted by Gasteiger charge is -2.37. The lowest BCUT2D eigenvalue weighted by molar-refractivity contribution is -0.140. The van der Waals surface area contributed by atoms with Crippen LogP contribution in [0.1, 0.15) is 47.0 Å². The van der Waals surface area contributed by atoms with Crippen LogP contribution < -0.4 is 16.4 Å². The molecule has 0 bridgehead atoms. The maximum absolute atomic E-state index is 12.7. The minimum absolute atomic E-state index is 0.0229. The van der Waals surface area contributed by atoms with Gasteiger partial charge in [0.2, 0.25) is 11.8 Å². The predicted octanol–water partition coefficient (Wildman–Crippen LogP) is 0.251. The molecule has 0 radical (unpaired) electrons. The molecule has 0 heterocycles. The first-order valence-electron chi connectivity index (χ1n) is 8.48. The zero-order valence-corrected chi connectivity index (χ0v) is 15.7. The molecule has 144 valence electrons. The minimum atomic E-state index is -1.22. The summed E-state index contributed by atoms with van der Waals surface area (Å²) in [6.07, 6.45) is 1.49. The molecule has 2 amide bonds. The zero-order chi connectivity index (χ0) is 19.4. The molecule has 1 rings (SSSR count). The Labute approximate surface area is 148 Å². The Morgan fingerprint density at radius 2 is 1.68 bits per heavy atom. The Hall–Kier alpha value is -1.67. The van der Waals surface area contributed by atoms with Crippen LogP contribution in [0.2, 0.25) is 0 Å². The van der Waals surface area contributed by atoms with Gasteiger partial charge in [0.05, 0.1) is 19.1 Å². The summed E-state index contributed by atoms with van der Waals surface area (Å²) in [5, 5.41) is 14.2. The van der Waals surface area contributed by atoms with E-state index in [0.717, 1.165) is 12.8 Å². The monoisotopic (exact) mass is 357 g/mol. The van der Waals surface area contributed by atoms with Gasteiger partial charge in [-0.2, -0.15) is 0 Å². The predicted molar refractivity (Wildman–Crippen MR) is 92.8 cm³/mol. The van der Waals surface area contributed by atoms with Gasteiger partial charge >= 0.3 is 5.97 Å². The maximum atomic E-state index is 12.7. The topological polar surface area (TPSA) is 131 Å². The average Bonchev–Trinajstić information content (AvgIpc) is 2.68. The molecular formula is C17H31N3O5. The van der Waals surface area contributed by atoms with Crippen LogP contribution in [0.25, 0.3) is 0 Å². The highest BCUT2D eigenvalue weighted by Crippen LogP contribution is 2.48. The van der Waals surface area contributed by atoms with Crippen LogP contribution >= 0.6 is 0 Å². The van der Waals surface area contributed by atoms with E-state index in [4.69, 9.17) is 15.6 Å². The molecule has 5 N–H and O–H groups in total. The fraction of sp³-hybridized carbons (Fsp3) is 0.824. The Kier molecular flexibility index (Phi) is 6.96. The summed E-state index contributed by atoms with van der Waals surface area (Å²) in [5.74, 6) is -2.22. The summed E-state index contributed by atoms with van der Waals surface area (Å²) < 4.78 is 5.02. The van der Waals surface area contributed by atoms with Crippen molar-refractivity contribution in [1.82, 2.24) is 10.6 Å². The molecule has 1 saturated carbocycles. The van der Waals surface area contributed by atoms with Crippen LogP contribution in [0.3, 0.4) is 0 Å². The summed E-state index contributed by atoms with van der Waals surface area (Å²) in [6, 6.07) is -2.19. The van der Waals surface area contributed by atoms with Crippen molar-refractivity contribution in [3.8, 4) is 0 Å². The van der Waals surface area contributed by atoms with Gasteiger partial charge in [-0.1, -0.05) is 27.7 Å². The number of carbonyl (C=O) groups is 3. The highest BCUT2D eigenvalue weighted by molar-refractivity contribution is 5.91. The van der Waals surface area contributed by atoms with Gasteiger partial charge < -0.3 is 26.2 Å². The highest BCUT2D eigenvalue weighted by Gasteiger charge is 2.48. The van der Waals surface area contributed by atoms with Crippen molar-refractivity contribution in [3.05, 3.63) is 0 Å². The maximum Gasteiger partial charge on any atom is 0.305 e. The normalized spacial score (nSPS) is 21.4. The third kappa shape index (κ3) is 5.67. The summed E-state index contributed by atoms with van der Waals surface area (Å²) in [4.78, 5) is 35.4. The number of amides is 2. The van der Waals surface area contributed by atoms with Crippen LogP contribution in [0.15, 0.2) is 0 Å². The number of hydrogen-bond acceptors (Lipinski definition) is 5. The van der Waals surface area contributed by atoms with Gasteiger partial charge in [-0.05, 0) is 23.7 Å². The summed E-state index contributed by atoms with van der Waals surface area (Å²) in [5.41, 5.74) is 5.44. The zero-order valence-electron chi connectivity index (χ0n) is 15.7. The smallest absolute Gasteiger partial charge is 0.305 e. The van der Waals surface area contributed by atoms with E-state index < -0.39 is 30.4 Å². The van der Waals surface area contributed by atoms with E-state index in [-0.39, 0.29) is 29.4 Å². The van der Waals surface area contributed by atoms with Gasteiger partial charge in [0.25, 0.3) is 0 Å². The molecule has 1 aliphatic carbocycles. The van der Waals surface area contributed by atoms with Gasteiger partial charge in [0, 0.05) is 13.2 Å². The second-order valence-electron chi connectivity index (χ2n) is 8.14. The number of carbonyl (C=O) groups excluding carboxylic acids is 2. The van der Waals surface area contributed by atoms with E-state index in [1.807, 2.05) is 0 Å². The number of hydrogen-bond donors (Lipinski definition) is 4. The quantitative estimate of drug-likeness (QED) is 0.492. The van der Waals surface area contributed by atoms with Crippen LogP contribution in [0.5, 0.6) is 0 Å². The second-order valence-corrected chi connectivity index (χ2v) is 8.14. The Balaban J connectivity index is 2.79. The average molecular weight is 357 g/mol. The lowest BCUT2D eigenvalue weighted by atomic mass is 9.78. The van der Waals surface area contributed by atoms with E-state index in [2.05, 4.69) is 38.3 Å². The molecule has 0 spiro atoms. The molecule has 0 aliphatic heterocycles. The summed E-state index contributed by atoms with van der Waals surface area (Å²) >= 11 is 0. The van der Waals surface area contributed by atoms with E-state index in [1.54, 1.807) is 0 Å². The third-order valence-corrected chi connectivity index (χ3v) is 4.96. The van der Waals surface area contributed by atoms with Crippen molar-refractivity contribution in [2.45, 2.75) is 65.1 Å². The second kappa shape index (κ2) is 8.14. The molecule has 1 fully saturated rings. The number of aliphatic carboxylic acids is 1. The van der Waals surface area contributed by atoms with Crippen LogP contribution in [0.4, 0.5) is 0 Å². The molecule has 0 aromatic heterocycles. The highest BCUT2D eigenvalue weighted by atomic mass is 16.5. The number of nitrogens with one attached hydrogen (secondary N) is 2. The van der Waals surface area contributed by atoms with Gasteiger partial charge in [0.1, 0.15) is 6.04 Å². The molecule has 0 saturated heterocycles. The summed E-state index contributed by atoms with van der Waals surface area (Å²) in [7, 11) is 1.42. The third-order valence-electron chi connectivity index (χ3n) is 4.96. The van der Waals surface area contributed by atoms with Crippen molar-refractivity contribution in [2.24, 2.45) is 16.6 Å². The van der Waals surface area contributed by atoms with E-state index in [1.165, 1.54) is 7.11 Å². The van der Waals surface area contributed by atoms with Crippen LogP contribution in [-0.4, -0.2) is 54.7 Å². The fourth-order valence-corrected chi connectivity index (χ4v) is 3.53. The minimum Gasteiger partial charge on any atom is -0.481 e. The number of rotatable bonds is 8. The van der Waals surface area contributed by atoms with Crippen molar-refractivity contribution < 1.29 is 24.2 Å². The first-order chi connectivity index (χ1) is 11.4. The number of carboxylic acids is 1. The van der Waals surface area contributed by atoms with Gasteiger partial charge in [0.15, 0.2) is 0 Å². The Morgan fingerprint density at radius 1 is 1.16 bits per heavy atom. The van der Waals surface area contributed by atoms with Crippen molar-refractivity contribution in [2.75, 3.05) is 13.7 Å². The van der Waals surface area contributed by atoms with Gasteiger partial charge in [-0.25, -0.2) is 0 Å². The molecule has 0 unspecified atom stereocenters. The molecule has 0 aromatic carbocycles. The van der Waals surface area contributed by atoms with Crippen LogP contribution in [0, 0.1) is 10.8 Å². The van der Waals surface area contributed by atoms with E-state index in [0.29, 0.717) is 0 Å². The Morgan fingerprint density at radius 3 is 2.12 bits per heavy atom. The molecule has 0 aromatic rings. The SMILES string of the molecule is COC[C@H](NC(=O)[C@@H](N)CC(=O)O)C(=O)NC1C(C)(C)CCC1(C)C.